The number of hydrogen-bond donors (Lipinski definition) is 2. The van der Waals surface area contributed by atoms with E-state index in [0.717, 1.165) is 12.8 Å². The highest BCUT2D eigenvalue weighted by Crippen LogP contribution is 2.17. The third-order valence-electron chi connectivity index (χ3n) is 3.26. The third kappa shape index (κ3) is 5.61. The van der Waals surface area contributed by atoms with Crippen molar-refractivity contribution in [1.29, 1.82) is 0 Å². The average Bonchev–Trinajstić information content (AvgIpc) is 2.50. The van der Waals surface area contributed by atoms with E-state index < -0.39 is 6.10 Å². The Kier molecular flexibility index (Phi) is 7.73. The van der Waals surface area contributed by atoms with E-state index in [9.17, 15) is 9.90 Å². The number of hydrogen-bond acceptors (Lipinski definition) is 3. The first-order valence-electron chi connectivity index (χ1n) is 7.28. The number of nitrogens with one attached hydrogen (secondary N) is 1. The topological polar surface area (TPSA) is 58.6 Å². The van der Waals surface area contributed by atoms with Crippen LogP contribution in [0.2, 0.25) is 0 Å². The Labute approximate surface area is 121 Å². The number of ether oxygens (including phenoxy) is 1. The van der Waals surface area contributed by atoms with Crippen molar-refractivity contribution in [2.24, 2.45) is 0 Å². The first-order chi connectivity index (χ1) is 9.69. The minimum atomic E-state index is -1.11. The van der Waals surface area contributed by atoms with Gasteiger partial charge in [0.2, 0.25) is 0 Å². The van der Waals surface area contributed by atoms with Crippen LogP contribution in [0.4, 0.5) is 0 Å². The summed E-state index contributed by atoms with van der Waals surface area (Å²) in [5, 5.41) is 12.7. The van der Waals surface area contributed by atoms with E-state index in [2.05, 4.69) is 12.2 Å². The molecular weight excluding hydrogens is 254 g/mol. The lowest BCUT2D eigenvalue weighted by Crippen LogP contribution is -2.30. The van der Waals surface area contributed by atoms with Crippen LogP contribution in [0.1, 0.15) is 50.7 Å². The van der Waals surface area contributed by atoms with Crippen LogP contribution in [0.3, 0.4) is 0 Å². The molecule has 2 N–H and O–H groups in total. The Morgan fingerprint density at radius 1 is 1.20 bits per heavy atom. The predicted octanol–water partition coefficient (Wildman–Crippen LogP) is 2.82. The van der Waals surface area contributed by atoms with Gasteiger partial charge >= 0.3 is 0 Å². The van der Waals surface area contributed by atoms with Crippen LogP contribution in [0.5, 0.6) is 5.75 Å². The van der Waals surface area contributed by atoms with Crippen LogP contribution in [-0.2, 0) is 4.79 Å². The number of unbranched alkanes of at least 4 members (excludes halogenated alkanes) is 4. The van der Waals surface area contributed by atoms with Crippen molar-refractivity contribution in [2.75, 3.05) is 13.7 Å². The highest BCUT2D eigenvalue weighted by atomic mass is 16.5. The number of aliphatic hydroxyl groups is 1. The van der Waals surface area contributed by atoms with Crippen LogP contribution in [0.15, 0.2) is 24.3 Å². The molecule has 0 bridgehead atoms. The number of benzene rings is 1. The molecule has 1 rings (SSSR count). The smallest absolute Gasteiger partial charge is 0.253 e. The zero-order valence-electron chi connectivity index (χ0n) is 12.4. The van der Waals surface area contributed by atoms with Gasteiger partial charge in [0.05, 0.1) is 7.11 Å². The van der Waals surface area contributed by atoms with Crippen LogP contribution < -0.4 is 10.1 Å². The molecular formula is C16H25NO3. The fourth-order valence-electron chi connectivity index (χ4n) is 1.97. The molecule has 0 aliphatic rings. The van der Waals surface area contributed by atoms with Crippen LogP contribution in [0, 0.1) is 0 Å². The molecule has 1 atom stereocenters. The number of carbonyl (C=O) groups excluding carboxylic acids is 1. The SMILES string of the molecule is CCCCCCCNC(=O)C(O)c1ccc(OC)cc1. The van der Waals surface area contributed by atoms with Crippen molar-refractivity contribution in [3.8, 4) is 5.75 Å². The van der Waals surface area contributed by atoms with E-state index in [4.69, 9.17) is 4.74 Å². The molecule has 0 aromatic heterocycles. The molecule has 4 heteroatoms. The molecule has 1 amide bonds. The monoisotopic (exact) mass is 279 g/mol. The molecule has 0 aliphatic heterocycles. The van der Waals surface area contributed by atoms with Gasteiger partial charge in [0.15, 0.2) is 6.10 Å². The lowest BCUT2D eigenvalue weighted by Gasteiger charge is -2.12. The molecule has 112 valence electrons. The molecule has 0 aliphatic carbocycles. The van der Waals surface area contributed by atoms with Gasteiger partial charge < -0.3 is 15.2 Å². The standard InChI is InChI=1S/C16H25NO3/c1-3-4-5-6-7-12-17-16(19)15(18)13-8-10-14(20-2)11-9-13/h8-11,15,18H,3-7,12H2,1-2H3,(H,17,19). The number of methoxy groups -OCH3 is 1. The number of amides is 1. The van der Waals surface area contributed by atoms with Crippen molar-refractivity contribution in [3.63, 3.8) is 0 Å². The summed E-state index contributed by atoms with van der Waals surface area (Å²) in [6.45, 7) is 2.79. The summed E-state index contributed by atoms with van der Waals surface area (Å²) in [7, 11) is 1.58. The third-order valence-corrected chi connectivity index (χ3v) is 3.26. The van der Waals surface area contributed by atoms with Crippen molar-refractivity contribution < 1.29 is 14.6 Å². The summed E-state index contributed by atoms with van der Waals surface area (Å²) in [5.74, 6) is 0.364. The fraction of sp³-hybridized carbons (Fsp3) is 0.562. The molecule has 4 nitrogen and oxygen atoms in total. The Morgan fingerprint density at radius 2 is 1.85 bits per heavy atom. The molecule has 0 fully saturated rings. The van der Waals surface area contributed by atoms with E-state index >= 15 is 0 Å². The summed E-state index contributed by atoms with van der Waals surface area (Å²) < 4.78 is 5.04. The van der Waals surface area contributed by atoms with Gasteiger partial charge in [-0.2, -0.15) is 0 Å². The lowest BCUT2D eigenvalue weighted by atomic mass is 10.1. The fourth-order valence-corrected chi connectivity index (χ4v) is 1.97. The van der Waals surface area contributed by atoms with E-state index in [1.807, 2.05) is 0 Å². The van der Waals surface area contributed by atoms with Gasteiger partial charge in [0.25, 0.3) is 5.91 Å². The highest BCUT2D eigenvalue weighted by Gasteiger charge is 2.16. The number of aliphatic hydroxyl groups excluding tert-OH is 1. The Balaban J connectivity index is 2.31. The van der Waals surface area contributed by atoms with Gasteiger partial charge in [-0.1, -0.05) is 44.7 Å². The minimum absolute atomic E-state index is 0.342. The van der Waals surface area contributed by atoms with Gasteiger partial charge in [0, 0.05) is 6.54 Å². The second-order valence-corrected chi connectivity index (χ2v) is 4.88. The molecule has 1 unspecified atom stereocenters. The molecule has 1 aromatic carbocycles. The predicted molar refractivity (Wildman–Crippen MR) is 79.7 cm³/mol. The van der Waals surface area contributed by atoms with Gasteiger partial charge in [0.1, 0.15) is 5.75 Å². The summed E-state index contributed by atoms with van der Waals surface area (Å²) in [6.07, 6.45) is 4.61. The largest absolute Gasteiger partial charge is 0.497 e. The van der Waals surface area contributed by atoms with Gasteiger partial charge in [-0.15, -0.1) is 0 Å². The van der Waals surface area contributed by atoms with Crippen LogP contribution >= 0.6 is 0 Å². The maximum Gasteiger partial charge on any atom is 0.253 e. The van der Waals surface area contributed by atoms with Gasteiger partial charge in [-0.05, 0) is 24.1 Å². The molecule has 0 radical (unpaired) electrons. The van der Waals surface area contributed by atoms with Crippen molar-refractivity contribution in [2.45, 2.75) is 45.1 Å². The maximum atomic E-state index is 11.8. The van der Waals surface area contributed by atoms with E-state index in [-0.39, 0.29) is 5.91 Å². The van der Waals surface area contributed by atoms with Crippen LogP contribution in [0.25, 0.3) is 0 Å². The second-order valence-electron chi connectivity index (χ2n) is 4.88. The number of rotatable bonds is 9. The maximum absolute atomic E-state index is 11.8. The molecule has 0 spiro atoms. The zero-order valence-corrected chi connectivity index (χ0v) is 12.4. The van der Waals surface area contributed by atoms with Crippen molar-refractivity contribution in [3.05, 3.63) is 29.8 Å². The first kappa shape index (κ1) is 16.5. The minimum Gasteiger partial charge on any atom is -0.497 e. The quantitative estimate of drug-likeness (QED) is 0.683. The highest BCUT2D eigenvalue weighted by molar-refractivity contribution is 5.81. The normalized spacial score (nSPS) is 11.9. The van der Waals surface area contributed by atoms with E-state index in [1.165, 1.54) is 19.3 Å². The molecule has 1 aromatic rings. The molecule has 0 saturated carbocycles. The van der Waals surface area contributed by atoms with E-state index in [1.54, 1.807) is 31.4 Å². The van der Waals surface area contributed by atoms with Gasteiger partial charge in [-0.3, -0.25) is 4.79 Å². The first-order valence-corrected chi connectivity index (χ1v) is 7.28. The van der Waals surface area contributed by atoms with Crippen molar-refractivity contribution in [1.82, 2.24) is 5.32 Å². The van der Waals surface area contributed by atoms with Gasteiger partial charge in [-0.25, -0.2) is 0 Å². The number of carbonyl (C=O) groups is 1. The second kappa shape index (κ2) is 9.37. The summed E-state index contributed by atoms with van der Waals surface area (Å²) in [4.78, 5) is 11.8. The van der Waals surface area contributed by atoms with Crippen LogP contribution in [-0.4, -0.2) is 24.7 Å². The zero-order chi connectivity index (χ0) is 14.8. The Morgan fingerprint density at radius 3 is 2.45 bits per heavy atom. The summed E-state index contributed by atoms with van der Waals surface area (Å²) in [5.41, 5.74) is 0.578. The molecule has 0 saturated heterocycles. The Bertz CT molecular complexity index is 389. The van der Waals surface area contributed by atoms with E-state index in [0.29, 0.717) is 17.9 Å². The molecule has 20 heavy (non-hydrogen) atoms. The van der Waals surface area contributed by atoms with Crippen molar-refractivity contribution >= 4 is 5.91 Å². The Hall–Kier alpha value is -1.55. The summed E-state index contributed by atoms with van der Waals surface area (Å²) >= 11 is 0. The molecule has 0 heterocycles. The average molecular weight is 279 g/mol. The summed E-state index contributed by atoms with van der Waals surface area (Å²) in [6, 6.07) is 6.86. The lowest BCUT2D eigenvalue weighted by molar-refractivity contribution is -0.129.